The van der Waals surface area contributed by atoms with Crippen LogP contribution >= 0.6 is 11.6 Å². The molecule has 0 aliphatic heterocycles. The van der Waals surface area contributed by atoms with Crippen molar-refractivity contribution < 1.29 is 17.9 Å². The van der Waals surface area contributed by atoms with E-state index in [2.05, 4.69) is 10.0 Å². The highest BCUT2D eigenvalue weighted by atomic mass is 35.5. The van der Waals surface area contributed by atoms with E-state index in [-0.39, 0.29) is 29.5 Å². The van der Waals surface area contributed by atoms with Gasteiger partial charge in [0.05, 0.1) is 11.4 Å². The van der Waals surface area contributed by atoms with Gasteiger partial charge >= 0.3 is 0 Å². The van der Waals surface area contributed by atoms with Gasteiger partial charge in [-0.15, -0.1) is 0 Å². The average Bonchev–Trinajstić information content (AvgIpc) is 2.75. The summed E-state index contributed by atoms with van der Waals surface area (Å²) in [5.41, 5.74) is 3.33. The smallest absolute Gasteiger partial charge is 0.262 e. The molecule has 0 saturated carbocycles. The fourth-order valence-corrected chi connectivity index (χ4v) is 4.46. The first-order valence-electron chi connectivity index (χ1n) is 10.0. The lowest BCUT2D eigenvalue weighted by atomic mass is 10.1. The van der Waals surface area contributed by atoms with E-state index < -0.39 is 10.0 Å². The van der Waals surface area contributed by atoms with Crippen molar-refractivity contribution in [3.63, 3.8) is 0 Å². The van der Waals surface area contributed by atoms with E-state index in [9.17, 15) is 13.2 Å². The molecular weight excluding hydrogens is 448 g/mol. The molecule has 3 aromatic carbocycles. The number of aryl methyl sites for hydroxylation is 3. The molecule has 3 aromatic rings. The zero-order chi connectivity index (χ0) is 23.3. The van der Waals surface area contributed by atoms with E-state index in [0.29, 0.717) is 22.0 Å². The molecule has 168 valence electrons. The molecular formula is C24H25ClN2O4S. The highest BCUT2D eigenvalue weighted by Gasteiger charge is 2.19. The van der Waals surface area contributed by atoms with Crippen molar-refractivity contribution in [3.8, 4) is 5.75 Å². The summed E-state index contributed by atoms with van der Waals surface area (Å²) in [4.78, 5) is 12.6. The quantitative estimate of drug-likeness (QED) is 0.458. The predicted molar refractivity (Wildman–Crippen MR) is 127 cm³/mol. The number of hydrogen-bond acceptors (Lipinski definition) is 4. The zero-order valence-corrected chi connectivity index (χ0v) is 19.7. The SMILES string of the molecule is Cc1ccc(NS(=O)(=O)c2cc(C(=O)NCCOc3ccc(Cl)cc3)ccc2C)cc1C. The second-order valence-electron chi connectivity index (χ2n) is 7.44. The highest BCUT2D eigenvalue weighted by molar-refractivity contribution is 7.92. The Hall–Kier alpha value is -3.03. The van der Waals surface area contributed by atoms with Crippen LogP contribution in [0.2, 0.25) is 5.02 Å². The minimum atomic E-state index is -3.86. The summed E-state index contributed by atoms with van der Waals surface area (Å²) in [7, 11) is -3.86. The number of halogens is 1. The third kappa shape index (κ3) is 6.02. The topological polar surface area (TPSA) is 84.5 Å². The maximum atomic E-state index is 13.0. The molecule has 2 N–H and O–H groups in total. The summed E-state index contributed by atoms with van der Waals surface area (Å²) in [6, 6.07) is 16.9. The van der Waals surface area contributed by atoms with Crippen LogP contribution in [0, 0.1) is 20.8 Å². The summed E-state index contributed by atoms with van der Waals surface area (Å²) in [5, 5.41) is 3.35. The summed E-state index contributed by atoms with van der Waals surface area (Å²) < 4.78 is 34.1. The Kier molecular flexibility index (Phi) is 7.43. The number of anilines is 1. The molecule has 0 bridgehead atoms. The zero-order valence-electron chi connectivity index (χ0n) is 18.1. The molecule has 0 aliphatic carbocycles. The third-order valence-corrected chi connectivity index (χ3v) is 6.74. The Labute approximate surface area is 193 Å². The standard InChI is InChI=1S/C24H25ClN2O4S/c1-16-5-9-21(14-18(16)3)27-32(29,30)23-15-19(6-4-17(23)2)24(28)26-12-13-31-22-10-7-20(25)8-11-22/h4-11,14-15,27H,12-13H2,1-3H3,(H,26,28). The number of carbonyl (C=O) groups is 1. The van der Waals surface area contributed by atoms with Crippen LogP contribution in [-0.2, 0) is 10.0 Å². The number of rotatable bonds is 8. The van der Waals surface area contributed by atoms with Gasteiger partial charge in [-0.1, -0.05) is 23.7 Å². The normalized spacial score (nSPS) is 11.1. The number of nitrogens with one attached hydrogen (secondary N) is 2. The molecule has 0 saturated heterocycles. The maximum Gasteiger partial charge on any atom is 0.262 e. The average molecular weight is 473 g/mol. The van der Waals surface area contributed by atoms with E-state index >= 15 is 0 Å². The summed E-state index contributed by atoms with van der Waals surface area (Å²) >= 11 is 5.84. The number of amides is 1. The molecule has 0 atom stereocenters. The van der Waals surface area contributed by atoms with Gasteiger partial charge in [0.25, 0.3) is 15.9 Å². The summed E-state index contributed by atoms with van der Waals surface area (Å²) in [5.74, 6) is 0.261. The number of carbonyl (C=O) groups excluding carboxylic acids is 1. The van der Waals surface area contributed by atoms with Crippen molar-refractivity contribution in [1.82, 2.24) is 5.32 Å². The third-order valence-electron chi connectivity index (χ3n) is 4.97. The predicted octanol–water partition coefficient (Wildman–Crippen LogP) is 4.87. The van der Waals surface area contributed by atoms with Crippen molar-refractivity contribution in [2.45, 2.75) is 25.7 Å². The first kappa shape index (κ1) is 23.6. The fourth-order valence-electron chi connectivity index (χ4n) is 3.01. The lowest BCUT2D eigenvalue weighted by Gasteiger charge is -2.13. The second kappa shape index (κ2) is 10.1. The van der Waals surface area contributed by atoms with Crippen LogP contribution in [0.4, 0.5) is 5.69 Å². The number of ether oxygens (including phenoxy) is 1. The molecule has 6 nitrogen and oxygen atoms in total. The number of benzene rings is 3. The highest BCUT2D eigenvalue weighted by Crippen LogP contribution is 2.22. The van der Waals surface area contributed by atoms with Crippen molar-refractivity contribution >= 4 is 33.2 Å². The molecule has 0 fully saturated rings. The molecule has 0 aromatic heterocycles. The van der Waals surface area contributed by atoms with Gasteiger partial charge in [0, 0.05) is 16.3 Å². The Morgan fingerprint density at radius 2 is 1.59 bits per heavy atom. The van der Waals surface area contributed by atoms with Crippen LogP contribution in [-0.4, -0.2) is 27.5 Å². The molecule has 0 unspecified atom stereocenters. The van der Waals surface area contributed by atoms with Gasteiger partial charge in [-0.3, -0.25) is 9.52 Å². The van der Waals surface area contributed by atoms with E-state index in [1.807, 2.05) is 19.9 Å². The first-order chi connectivity index (χ1) is 15.2. The van der Waals surface area contributed by atoms with Crippen molar-refractivity contribution in [2.24, 2.45) is 0 Å². The van der Waals surface area contributed by atoms with Crippen LogP contribution in [0.1, 0.15) is 27.0 Å². The van der Waals surface area contributed by atoms with Gasteiger partial charge in [0.15, 0.2) is 0 Å². The minimum absolute atomic E-state index is 0.0563. The molecule has 0 radical (unpaired) electrons. The molecule has 0 aliphatic rings. The molecule has 1 amide bonds. The Morgan fingerprint density at radius 1 is 0.906 bits per heavy atom. The van der Waals surface area contributed by atoms with Gasteiger partial charge in [0.1, 0.15) is 12.4 Å². The maximum absolute atomic E-state index is 13.0. The van der Waals surface area contributed by atoms with E-state index in [1.54, 1.807) is 55.5 Å². The minimum Gasteiger partial charge on any atom is -0.492 e. The van der Waals surface area contributed by atoms with E-state index in [0.717, 1.165) is 11.1 Å². The van der Waals surface area contributed by atoms with Crippen LogP contribution in [0.5, 0.6) is 5.75 Å². The Balaban J connectivity index is 1.66. The number of hydrogen-bond donors (Lipinski definition) is 2. The van der Waals surface area contributed by atoms with Gasteiger partial charge < -0.3 is 10.1 Å². The second-order valence-corrected chi connectivity index (χ2v) is 9.53. The summed E-state index contributed by atoms with van der Waals surface area (Å²) in [6.45, 7) is 6.09. The lowest BCUT2D eigenvalue weighted by Crippen LogP contribution is -2.28. The summed E-state index contributed by atoms with van der Waals surface area (Å²) in [6.07, 6.45) is 0. The molecule has 0 spiro atoms. The van der Waals surface area contributed by atoms with E-state index in [4.69, 9.17) is 16.3 Å². The van der Waals surface area contributed by atoms with Crippen molar-refractivity contribution in [1.29, 1.82) is 0 Å². The molecule has 0 heterocycles. The van der Waals surface area contributed by atoms with Crippen LogP contribution in [0.3, 0.4) is 0 Å². The molecule has 8 heteroatoms. The van der Waals surface area contributed by atoms with Crippen molar-refractivity contribution in [2.75, 3.05) is 17.9 Å². The van der Waals surface area contributed by atoms with Crippen LogP contribution in [0.15, 0.2) is 65.6 Å². The van der Waals surface area contributed by atoms with Crippen molar-refractivity contribution in [3.05, 3.63) is 87.9 Å². The van der Waals surface area contributed by atoms with Gasteiger partial charge in [-0.05, 0) is 86.0 Å². The van der Waals surface area contributed by atoms with Gasteiger partial charge in [-0.25, -0.2) is 8.42 Å². The van der Waals surface area contributed by atoms with Gasteiger partial charge in [-0.2, -0.15) is 0 Å². The monoisotopic (exact) mass is 472 g/mol. The molecule has 3 rings (SSSR count). The number of sulfonamides is 1. The fraction of sp³-hybridized carbons (Fsp3) is 0.208. The van der Waals surface area contributed by atoms with Gasteiger partial charge in [0.2, 0.25) is 0 Å². The van der Waals surface area contributed by atoms with Crippen LogP contribution < -0.4 is 14.8 Å². The largest absolute Gasteiger partial charge is 0.492 e. The lowest BCUT2D eigenvalue weighted by molar-refractivity contribution is 0.0947. The Bertz CT molecular complexity index is 1230. The van der Waals surface area contributed by atoms with E-state index in [1.165, 1.54) is 6.07 Å². The van der Waals surface area contributed by atoms with Crippen LogP contribution in [0.25, 0.3) is 0 Å². The molecule has 32 heavy (non-hydrogen) atoms. The first-order valence-corrected chi connectivity index (χ1v) is 11.9. The Morgan fingerprint density at radius 3 is 2.28 bits per heavy atom.